The lowest BCUT2D eigenvalue weighted by Crippen LogP contribution is -2.26. The van der Waals surface area contributed by atoms with E-state index in [0.717, 1.165) is 23.4 Å². The lowest BCUT2D eigenvalue weighted by Gasteiger charge is -2.36. The van der Waals surface area contributed by atoms with Crippen LogP contribution in [0, 0.1) is 10.8 Å². The molecule has 0 radical (unpaired) electrons. The average Bonchev–Trinajstić information content (AvgIpc) is 2.74. The highest BCUT2D eigenvalue weighted by atomic mass is 32.2. The molecule has 1 heterocycles. The van der Waals surface area contributed by atoms with Crippen LogP contribution in [0.2, 0.25) is 0 Å². The van der Waals surface area contributed by atoms with Gasteiger partial charge in [0.25, 0.3) is 0 Å². The van der Waals surface area contributed by atoms with Gasteiger partial charge in [0.1, 0.15) is 0 Å². The SMILES string of the molecule is CC(C)(C)CC(c1ccc(CN2c3ccccc3S(=O)(=O)c3ccccc32)cc1)C(C)(C)C. The Hall–Kier alpha value is -2.59. The predicted molar refractivity (Wildman–Crippen MR) is 137 cm³/mol. The van der Waals surface area contributed by atoms with Crippen molar-refractivity contribution in [3.8, 4) is 0 Å². The number of anilines is 2. The minimum atomic E-state index is -3.52. The number of fused-ring (bicyclic) bond motifs is 2. The molecular formula is C29H35NO2S. The topological polar surface area (TPSA) is 37.4 Å². The van der Waals surface area contributed by atoms with Crippen LogP contribution in [0.25, 0.3) is 0 Å². The Kier molecular flexibility index (Phi) is 5.94. The third kappa shape index (κ3) is 4.72. The number of benzene rings is 3. The van der Waals surface area contributed by atoms with Crippen molar-refractivity contribution in [3.63, 3.8) is 0 Å². The highest BCUT2D eigenvalue weighted by Gasteiger charge is 2.34. The molecule has 1 unspecified atom stereocenters. The van der Waals surface area contributed by atoms with Gasteiger partial charge in [0.05, 0.1) is 21.2 Å². The largest absolute Gasteiger partial charge is 0.335 e. The lowest BCUT2D eigenvalue weighted by molar-refractivity contribution is 0.229. The van der Waals surface area contributed by atoms with E-state index < -0.39 is 9.84 Å². The molecular weight excluding hydrogens is 426 g/mol. The normalized spacial score (nSPS) is 16.1. The molecule has 3 aromatic rings. The van der Waals surface area contributed by atoms with Gasteiger partial charge in [-0.05, 0) is 58.6 Å². The summed E-state index contributed by atoms with van der Waals surface area (Å²) in [6.07, 6.45) is 1.13. The molecule has 4 rings (SSSR count). The van der Waals surface area contributed by atoms with Gasteiger partial charge in [-0.25, -0.2) is 8.42 Å². The maximum Gasteiger partial charge on any atom is 0.210 e. The summed E-state index contributed by atoms with van der Waals surface area (Å²) < 4.78 is 26.4. The zero-order chi connectivity index (χ0) is 24.0. The maximum atomic E-state index is 13.2. The molecule has 0 saturated heterocycles. The first-order valence-electron chi connectivity index (χ1n) is 11.7. The minimum Gasteiger partial charge on any atom is -0.335 e. The van der Waals surface area contributed by atoms with E-state index in [1.165, 1.54) is 5.56 Å². The molecule has 33 heavy (non-hydrogen) atoms. The summed E-state index contributed by atoms with van der Waals surface area (Å²) in [4.78, 5) is 2.87. The first kappa shape index (κ1) is 23.6. The molecule has 0 aliphatic carbocycles. The zero-order valence-electron chi connectivity index (χ0n) is 20.6. The fourth-order valence-electron chi connectivity index (χ4n) is 4.81. The molecule has 1 aliphatic rings. The monoisotopic (exact) mass is 461 g/mol. The van der Waals surface area contributed by atoms with Gasteiger partial charge < -0.3 is 4.90 Å². The first-order valence-corrected chi connectivity index (χ1v) is 13.2. The van der Waals surface area contributed by atoms with Crippen molar-refractivity contribution in [2.75, 3.05) is 4.90 Å². The molecule has 0 fully saturated rings. The van der Waals surface area contributed by atoms with Crippen molar-refractivity contribution in [1.82, 2.24) is 0 Å². The molecule has 3 aromatic carbocycles. The van der Waals surface area contributed by atoms with Crippen molar-refractivity contribution in [3.05, 3.63) is 83.9 Å². The number of nitrogens with zero attached hydrogens (tertiary/aromatic N) is 1. The first-order chi connectivity index (χ1) is 15.4. The summed E-state index contributed by atoms with van der Waals surface area (Å²) in [5.41, 5.74) is 4.42. The summed E-state index contributed by atoms with van der Waals surface area (Å²) in [6, 6.07) is 23.5. The Labute approximate surface area is 199 Å². The highest BCUT2D eigenvalue weighted by molar-refractivity contribution is 7.92. The summed E-state index contributed by atoms with van der Waals surface area (Å²) in [6.45, 7) is 14.5. The van der Waals surface area contributed by atoms with E-state index in [1.807, 2.05) is 24.3 Å². The van der Waals surface area contributed by atoms with E-state index in [2.05, 4.69) is 70.7 Å². The van der Waals surface area contributed by atoms with E-state index in [4.69, 9.17) is 0 Å². The van der Waals surface area contributed by atoms with Crippen molar-refractivity contribution in [2.24, 2.45) is 10.8 Å². The third-order valence-electron chi connectivity index (χ3n) is 6.48. The van der Waals surface area contributed by atoms with E-state index in [0.29, 0.717) is 22.3 Å². The number of para-hydroxylation sites is 2. The van der Waals surface area contributed by atoms with Crippen LogP contribution in [-0.4, -0.2) is 8.42 Å². The minimum absolute atomic E-state index is 0.175. The molecule has 0 aromatic heterocycles. The number of rotatable bonds is 4. The van der Waals surface area contributed by atoms with E-state index >= 15 is 0 Å². The van der Waals surface area contributed by atoms with Gasteiger partial charge in [0.2, 0.25) is 9.84 Å². The Morgan fingerprint density at radius 2 is 1.21 bits per heavy atom. The van der Waals surface area contributed by atoms with Gasteiger partial charge in [-0.3, -0.25) is 0 Å². The van der Waals surface area contributed by atoms with Gasteiger partial charge >= 0.3 is 0 Å². The number of hydrogen-bond acceptors (Lipinski definition) is 3. The molecule has 0 bridgehead atoms. The van der Waals surface area contributed by atoms with Crippen molar-refractivity contribution >= 4 is 21.2 Å². The second kappa shape index (κ2) is 8.32. The van der Waals surface area contributed by atoms with Crippen molar-refractivity contribution < 1.29 is 8.42 Å². The van der Waals surface area contributed by atoms with Crippen LogP contribution in [0.5, 0.6) is 0 Å². The lowest BCUT2D eigenvalue weighted by atomic mass is 9.69. The van der Waals surface area contributed by atoms with Crippen LogP contribution in [0.4, 0.5) is 11.4 Å². The molecule has 174 valence electrons. The molecule has 3 nitrogen and oxygen atoms in total. The molecule has 1 atom stereocenters. The van der Waals surface area contributed by atoms with Crippen LogP contribution >= 0.6 is 0 Å². The van der Waals surface area contributed by atoms with Crippen LogP contribution in [0.15, 0.2) is 82.6 Å². The zero-order valence-corrected chi connectivity index (χ0v) is 21.4. The smallest absolute Gasteiger partial charge is 0.210 e. The Balaban J connectivity index is 1.69. The van der Waals surface area contributed by atoms with Crippen LogP contribution in [0.3, 0.4) is 0 Å². The molecule has 0 spiro atoms. The fourth-order valence-corrected chi connectivity index (χ4v) is 6.47. The van der Waals surface area contributed by atoms with Crippen molar-refractivity contribution in [1.29, 1.82) is 0 Å². The van der Waals surface area contributed by atoms with Gasteiger partial charge in [-0.2, -0.15) is 0 Å². The van der Waals surface area contributed by atoms with Crippen molar-refractivity contribution in [2.45, 2.75) is 70.2 Å². The molecule has 0 amide bonds. The standard InChI is InChI=1S/C29H35NO2S/c1-28(2,3)19-23(29(4,5)6)22-17-15-21(16-18-22)20-30-24-11-7-9-13-26(24)33(31,32)27-14-10-8-12-25(27)30/h7-18,23H,19-20H2,1-6H3. The third-order valence-corrected chi connectivity index (χ3v) is 8.32. The summed E-state index contributed by atoms with van der Waals surface area (Å²) >= 11 is 0. The van der Waals surface area contributed by atoms with E-state index in [9.17, 15) is 8.42 Å². The summed E-state index contributed by atoms with van der Waals surface area (Å²) in [5.74, 6) is 0.466. The second-order valence-electron chi connectivity index (χ2n) is 11.5. The highest BCUT2D eigenvalue weighted by Crippen LogP contribution is 2.45. The molecule has 0 N–H and O–H groups in total. The predicted octanol–water partition coefficient (Wildman–Crippen LogP) is 7.74. The Morgan fingerprint density at radius 1 is 0.727 bits per heavy atom. The fraction of sp³-hybridized carbons (Fsp3) is 0.379. The second-order valence-corrected chi connectivity index (χ2v) is 13.3. The Bertz CT molecular complexity index is 1190. The maximum absolute atomic E-state index is 13.2. The molecule has 1 aliphatic heterocycles. The number of sulfone groups is 1. The van der Waals surface area contributed by atoms with Gasteiger partial charge in [0, 0.05) is 6.54 Å². The van der Waals surface area contributed by atoms with E-state index in [-0.39, 0.29) is 10.8 Å². The van der Waals surface area contributed by atoms with Crippen LogP contribution < -0.4 is 4.90 Å². The number of hydrogen-bond donors (Lipinski definition) is 0. The quantitative estimate of drug-likeness (QED) is 0.399. The van der Waals surface area contributed by atoms with Gasteiger partial charge in [0.15, 0.2) is 0 Å². The Morgan fingerprint density at radius 3 is 1.67 bits per heavy atom. The summed E-state index contributed by atoms with van der Waals surface area (Å²) in [7, 11) is -3.52. The van der Waals surface area contributed by atoms with Gasteiger partial charge in [-0.1, -0.05) is 90.1 Å². The van der Waals surface area contributed by atoms with Gasteiger partial charge in [-0.15, -0.1) is 0 Å². The summed E-state index contributed by atoms with van der Waals surface area (Å²) in [5, 5.41) is 0. The average molecular weight is 462 g/mol. The molecule has 4 heteroatoms. The molecule has 0 saturated carbocycles. The van der Waals surface area contributed by atoms with Crippen LogP contribution in [-0.2, 0) is 16.4 Å². The van der Waals surface area contributed by atoms with Crippen LogP contribution in [0.1, 0.15) is 65.0 Å². The van der Waals surface area contributed by atoms with E-state index in [1.54, 1.807) is 24.3 Å².